The summed E-state index contributed by atoms with van der Waals surface area (Å²) in [5.41, 5.74) is 0.994. The molecule has 1 aliphatic heterocycles. The largest absolute Gasteiger partial charge is 0.450 e. The van der Waals surface area contributed by atoms with Gasteiger partial charge >= 0.3 is 6.09 Å². The molecule has 1 aromatic carbocycles. The summed E-state index contributed by atoms with van der Waals surface area (Å²) < 4.78 is 18.9. The van der Waals surface area contributed by atoms with Crippen LogP contribution in [0.15, 0.2) is 18.2 Å². The van der Waals surface area contributed by atoms with Gasteiger partial charge in [-0.3, -0.25) is 0 Å². The Hall–Kier alpha value is -1.82. The number of piperazine rings is 1. The van der Waals surface area contributed by atoms with Gasteiger partial charge in [0.25, 0.3) is 0 Å². The van der Waals surface area contributed by atoms with Gasteiger partial charge in [-0.25, -0.2) is 9.18 Å². The lowest BCUT2D eigenvalue weighted by Crippen LogP contribution is -2.49. The first-order chi connectivity index (χ1) is 9.67. The van der Waals surface area contributed by atoms with Crippen LogP contribution in [0.5, 0.6) is 0 Å². The molecule has 20 heavy (non-hydrogen) atoms. The van der Waals surface area contributed by atoms with Crippen molar-refractivity contribution in [3.8, 4) is 0 Å². The van der Waals surface area contributed by atoms with E-state index in [9.17, 15) is 14.3 Å². The first kappa shape index (κ1) is 14.6. The molecule has 1 fully saturated rings. The number of carbonyl (C=O) groups excluding carboxylic acids is 1. The molecule has 0 radical (unpaired) electrons. The Morgan fingerprint density at radius 1 is 1.35 bits per heavy atom. The lowest BCUT2D eigenvalue weighted by atomic mass is 10.1. The van der Waals surface area contributed by atoms with E-state index in [0.29, 0.717) is 44.0 Å². The zero-order valence-corrected chi connectivity index (χ0v) is 11.5. The summed E-state index contributed by atoms with van der Waals surface area (Å²) in [6.45, 7) is 3.92. The number of para-hydroxylation sites is 1. The smallest absolute Gasteiger partial charge is 0.409 e. The fourth-order valence-corrected chi connectivity index (χ4v) is 2.37. The van der Waals surface area contributed by atoms with E-state index in [1.54, 1.807) is 24.0 Å². The summed E-state index contributed by atoms with van der Waals surface area (Å²) in [5.74, 6) is -0.346. The number of aliphatic hydroxyl groups excluding tert-OH is 1. The van der Waals surface area contributed by atoms with Gasteiger partial charge in [0.1, 0.15) is 5.82 Å². The molecule has 0 unspecified atom stereocenters. The van der Waals surface area contributed by atoms with E-state index in [4.69, 9.17) is 4.74 Å². The van der Waals surface area contributed by atoms with Gasteiger partial charge < -0.3 is 19.6 Å². The molecule has 6 heteroatoms. The summed E-state index contributed by atoms with van der Waals surface area (Å²) in [7, 11) is 0. The van der Waals surface area contributed by atoms with Gasteiger partial charge in [-0.15, -0.1) is 0 Å². The predicted molar refractivity (Wildman–Crippen MR) is 73.1 cm³/mol. The van der Waals surface area contributed by atoms with Crippen molar-refractivity contribution in [3.63, 3.8) is 0 Å². The average molecular weight is 282 g/mol. The molecule has 1 amide bonds. The zero-order valence-electron chi connectivity index (χ0n) is 11.5. The van der Waals surface area contributed by atoms with Gasteiger partial charge in [-0.1, -0.05) is 12.1 Å². The standard InChI is InChI=1S/C14H19FN2O3/c1-2-20-14(19)17-8-6-16(7-9-17)13-11(10-18)4-3-5-12(13)15/h3-5,18H,2,6-10H2,1H3. The summed E-state index contributed by atoms with van der Waals surface area (Å²) in [4.78, 5) is 15.1. The molecule has 0 spiro atoms. The molecule has 0 atom stereocenters. The molecule has 1 aliphatic rings. The first-order valence-corrected chi connectivity index (χ1v) is 6.72. The maximum Gasteiger partial charge on any atom is 0.409 e. The fraction of sp³-hybridized carbons (Fsp3) is 0.500. The Bertz CT molecular complexity index is 473. The Kier molecular flexibility index (Phi) is 4.79. The topological polar surface area (TPSA) is 53.0 Å². The van der Waals surface area contributed by atoms with Gasteiger partial charge in [0.05, 0.1) is 18.9 Å². The van der Waals surface area contributed by atoms with Crippen LogP contribution < -0.4 is 4.90 Å². The molecule has 5 nitrogen and oxygen atoms in total. The number of rotatable bonds is 3. The SMILES string of the molecule is CCOC(=O)N1CCN(c2c(F)cccc2CO)CC1. The highest BCUT2D eigenvalue weighted by molar-refractivity contribution is 5.68. The summed E-state index contributed by atoms with van der Waals surface area (Å²) in [6, 6.07) is 4.67. The van der Waals surface area contributed by atoms with Crippen molar-refractivity contribution in [2.75, 3.05) is 37.7 Å². The van der Waals surface area contributed by atoms with Crippen LogP contribution in [0.1, 0.15) is 12.5 Å². The molecule has 1 aromatic rings. The van der Waals surface area contributed by atoms with E-state index in [-0.39, 0.29) is 18.5 Å². The normalized spacial score (nSPS) is 15.3. The quantitative estimate of drug-likeness (QED) is 0.915. The lowest BCUT2D eigenvalue weighted by Gasteiger charge is -2.36. The van der Waals surface area contributed by atoms with Gasteiger partial charge in [0.15, 0.2) is 0 Å². The van der Waals surface area contributed by atoms with Crippen LogP contribution >= 0.6 is 0 Å². The third-order valence-corrected chi connectivity index (χ3v) is 3.36. The van der Waals surface area contributed by atoms with Crippen LogP contribution in [0.4, 0.5) is 14.9 Å². The minimum absolute atomic E-state index is 0.203. The lowest BCUT2D eigenvalue weighted by molar-refractivity contribution is 0.105. The number of ether oxygens (including phenoxy) is 1. The highest BCUT2D eigenvalue weighted by Crippen LogP contribution is 2.25. The van der Waals surface area contributed by atoms with Crippen LogP contribution in [0.3, 0.4) is 0 Å². The number of amides is 1. The van der Waals surface area contributed by atoms with Crippen LogP contribution in [0.25, 0.3) is 0 Å². The number of anilines is 1. The number of hydrogen-bond donors (Lipinski definition) is 1. The molecule has 1 saturated heterocycles. The zero-order chi connectivity index (χ0) is 14.5. The number of aliphatic hydroxyl groups is 1. The minimum Gasteiger partial charge on any atom is -0.450 e. The Labute approximate surface area is 117 Å². The predicted octanol–water partition coefficient (Wildman–Crippen LogP) is 1.60. The number of benzene rings is 1. The van der Waals surface area contributed by atoms with E-state index in [1.165, 1.54) is 6.07 Å². The van der Waals surface area contributed by atoms with Crippen molar-refractivity contribution in [1.29, 1.82) is 0 Å². The van der Waals surface area contributed by atoms with Crippen LogP contribution in [0, 0.1) is 5.82 Å². The summed E-state index contributed by atoms with van der Waals surface area (Å²) in [6.07, 6.45) is -0.330. The van der Waals surface area contributed by atoms with Crippen molar-refractivity contribution in [2.24, 2.45) is 0 Å². The van der Waals surface area contributed by atoms with E-state index < -0.39 is 0 Å². The third kappa shape index (κ3) is 3.01. The fourth-order valence-electron chi connectivity index (χ4n) is 2.37. The van der Waals surface area contributed by atoms with Gasteiger partial charge in [-0.05, 0) is 13.0 Å². The van der Waals surface area contributed by atoms with Crippen molar-refractivity contribution in [3.05, 3.63) is 29.6 Å². The monoisotopic (exact) mass is 282 g/mol. The number of hydrogen-bond acceptors (Lipinski definition) is 4. The molecule has 0 saturated carbocycles. The average Bonchev–Trinajstić information content (AvgIpc) is 2.47. The molecular weight excluding hydrogens is 263 g/mol. The number of nitrogens with zero attached hydrogens (tertiary/aromatic N) is 2. The first-order valence-electron chi connectivity index (χ1n) is 6.72. The molecule has 0 aromatic heterocycles. The van der Waals surface area contributed by atoms with Crippen molar-refractivity contribution < 1.29 is 19.0 Å². The molecule has 0 aliphatic carbocycles. The second-order valence-corrected chi connectivity index (χ2v) is 4.58. The molecule has 1 heterocycles. The van der Waals surface area contributed by atoms with E-state index in [0.717, 1.165) is 0 Å². The molecular formula is C14H19FN2O3. The van der Waals surface area contributed by atoms with Crippen molar-refractivity contribution >= 4 is 11.8 Å². The van der Waals surface area contributed by atoms with Crippen LogP contribution in [-0.2, 0) is 11.3 Å². The maximum atomic E-state index is 13.9. The van der Waals surface area contributed by atoms with Crippen LogP contribution in [-0.4, -0.2) is 48.9 Å². The van der Waals surface area contributed by atoms with Gasteiger partial charge in [0, 0.05) is 31.7 Å². The second kappa shape index (κ2) is 6.56. The Morgan fingerprint density at radius 3 is 2.65 bits per heavy atom. The van der Waals surface area contributed by atoms with E-state index in [1.807, 2.05) is 4.90 Å². The van der Waals surface area contributed by atoms with Crippen molar-refractivity contribution in [1.82, 2.24) is 4.90 Å². The summed E-state index contributed by atoms with van der Waals surface area (Å²) in [5, 5.41) is 9.31. The van der Waals surface area contributed by atoms with Crippen molar-refractivity contribution in [2.45, 2.75) is 13.5 Å². The second-order valence-electron chi connectivity index (χ2n) is 4.58. The van der Waals surface area contributed by atoms with E-state index >= 15 is 0 Å². The third-order valence-electron chi connectivity index (χ3n) is 3.36. The number of carbonyl (C=O) groups is 1. The molecule has 2 rings (SSSR count). The van der Waals surface area contributed by atoms with Crippen LogP contribution in [0.2, 0.25) is 0 Å². The van der Waals surface area contributed by atoms with E-state index in [2.05, 4.69) is 0 Å². The summed E-state index contributed by atoms with van der Waals surface area (Å²) >= 11 is 0. The highest BCUT2D eigenvalue weighted by atomic mass is 19.1. The highest BCUT2D eigenvalue weighted by Gasteiger charge is 2.24. The minimum atomic E-state index is -0.346. The Balaban J connectivity index is 2.06. The Morgan fingerprint density at radius 2 is 2.05 bits per heavy atom. The van der Waals surface area contributed by atoms with Gasteiger partial charge in [0.2, 0.25) is 0 Å². The maximum absolute atomic E-state index is 13.9. The molecule has 0 bridgehead atoms. The molecule has 1 N–H and O–H groups in total. The number of halogens is 1. The van der Waals surface area contributed by atoms with Gasteiger partial charge in [-0.2, -0.15) is 0 Å². The molecule has 110 valence electrons.